The molecule has 0 bridgehead atoms. The summed E-state index contributed by atoms with van der Waals surface area (Å²) in [7, 11) is 0. The Balaban J connectivity index is 3.03. The van der Waals surface area contributed by atoms with Gasteiger partial charge in [-0.15, -0.1) is 0 Å². The maximum atomic E-state index is 12.8. The quantitative estimate of drug-likeness (QED) is 0.585. The van der Waals surface area contributed by atoms with Gasteiger partial charge in [0.2, 0.25) is 5.95 Å². The highest BCUT2D eigenvalue weighted by molar-refractivity contribution is 4.98. The summed E-state index contributed by atoms with van der Waals surface area (Å²) in [4.78, 5) is 0. The molecule has 0 amide bonds. The lowest BCUT2D eigenvalue weighted by Crippen LogP contribution is -2.05. The van der Waals surface area contributed by atoms with Crippen LogP contribution in [0, 0.1) is 12.9 Å². The first-order valence-electron chi connectivity index (χ1n) is 3.33. The van der Waals surface area contributed by atoms with E-state index in [-0.39, 0.29) is 12.0 Å². The van der Waals surface area contributed by atoms with E-state index in [1.165, 1.54) is 10.7 Å². The molecule has 0 spiro atoms. The Morgan fingerprint density at radius 2 is 2.20 bits per heavy atom. The van der Waals surface area contributed by atoms with Crippen LogP contribution in [-0.2, 0) is 0 Å². The van der Waals surface area contributed by atoms with Gasteiger partial charge in [-0.2, -0.15) is 9.49 Å². The lowest BCUT2D eigenvalue weighted by molar-refractivity contribution is 0.415. The van der Waals surface area contributed by atoms with Crippen molar-refractivity contribution in [2.45, 2.75) is 26.8 Å². The molecule has 1 heterocycles. The van der Waals surface area contributed by atoms with Crippen LogP contribution in [-0.4, -0.2) is 9.78 Å². The van der Waals surface area contributed by atoms with Crippen molar-refractivity contribution in [3.63, 3.8) is 0 Å². The molecule has 0 aliphatic rings. The minimum atomic E-state index is -0.257. The average molecular weight is 142 g/mol. The molecular weight excluding hydrogens is 131 g/mol. The van der Waals surface area contributed by atoms with Crippen molar-refractivity contribution >= 4 is 0 Å². The van der Waals surface area contributed by atoms with Gasteiger partial charge < -0.3 is 0 Å². The molecule has 0 N–H and O–H groups in total. The van der Waals surface area contributed by atoms with Crippen molar-refractivity contribution in [2.75, 3.05) is 0 Å². The second kappa shape index (κ2) is 2.40. The third-order valence-corrected chi connectivity index (χ3v) is 1.30. The van der Waals surface area contributed by atoms with Gasteiger partial charge in [0.05, 0.1) is 5.69 Å². The third-order valence-electron chi connectivity index (χ3n) is 1.30. The smallest absolute Gasteiger partial charge is 0.211 e. The summed E-state index contributed by atoms with van der Waals surface area (Å²) >= 11 is 0. The number of rotatable bonds is 1. The number of halogens is 1. The predicted octanol–water partition coefficient (Wildman–Crippen LogP) is 1.91. The topological polar surface area (TPSA) is 17.8 Å². The fourth-order valence-electron chi connectivity index (χ4n) is 0.847. The largest absolute Gasteiger partial charge is 0.237 e. The molecule has 0 atom stereocenters. The van der Waals surface area contributed by atoms with Gasteiger partial charge in [-0.1, -0.05) is 0 Å². The maximum absolute atomic E-state index is 12.8. The fraction of sp³-hybridized carbons (Fsp3) is 0.571. The first-order valence-corrected chi connectivity index (χ1v) is 3.33. The lowest BCUT2D eigenvalue weighted by Gasteiger charge is -2.03. The Kier molecular flexibility index (Phi) is 1.74. The van der Waals surface area contributed by atoms with E-state index >= 15 is 0 Å². The highest BCUT2D eigenvalue weighted by Crippen LogP contribution is 2.07. The average Bonchev–Trinajstić information content (AvgIpc) is 2.10. The summed E-state index contributed by atoms with van der Waals surface area (Å²) in [5, 5.41) is 3.95. The summed E-state index contributed by atoms with van der Waals surface area (Å²) in [6.07, 6.45) is 0. The SMILES string of the molecule is Cc1cc(F)n(C(C)C)n1. The Morgan fingerprint density at radius 3 is 2.40 bits per heavy atom. The lowest BCUT2D eigenvalue weighted by atomic mass is 10.4. The molecule has 0 aliphatic heterocycles. The zero-order valence-electron chi connectivity index (χ0n) is 6.43. The molecule has 0 saturated heterocycles. The number of hydrogen-bond acceptors (Lipinski definition) is 1. The molecule has 10 heavy (non-hydrogen) atoms. The molecule has 3 heteroatoms. The minimum Gasteiger partial charge on any atom is -0.237 e. The summed E-state index contributed by atoms with van der Waals surface area (Å²) in [5.74, 6) is -0.257. The van der Waals surface area contributed by atoms with Gasteiger partial charge in [0.15, 0.2) is 0 Å². The van der Waals surface area contributed by atoms with Crippen molar-refractivity contribution in [1.82, 2.24) is 9.78 Å². The Morgan fingerprint density at radius 1 is 1.60 bits per heavy atom. The second-order valence-electron chi connectivity index (χ2n) is 2.65. The molecule has 2 nitrogen and oxygen atoms in total. The number of aromatic nitrogens is 2. The van der Waals surface area contributed by atoms with E-state index in [1.807, 2.05) is 13.8 Å². The zero-order chi connectivity index (χ0) is 7.72. The summed E-state index contributed by atoms with van der Waals surface area (Å²) in [6.45, 7) is 5.58. The Hall–Kier alpha value is -0.860. The molecule has 1 aromatic rings. The Bertz CT molecular complexity index is 228. The summed E-state index contributed by atoms with van der Waals surface area (Å²) < 4.78 is 14.1. The number of hydrogen-bond donors (Lipinski definition) is 0. The van der Waals surface area contributed by atoms with Crippen molar-refractivity contribution in [2.24, 2.45) is 0 Å². The van der Waals surface area contributed by atoms with E-state index in [0.717, 1.165) is 5.69 Å². The molecule has 0 saturated carbocycles. The predicted molar refractivity (Wildman–Crippen MR) is 37.3 cm³/mol. The molecule has 1 rings (SSSR count). The van der Waals surface area contributed by atoms with Gasteiger partial charge in [-0.05, 0) is 20.8 Å². The van der Waals surface area contributed by atoms with Gasteiger partial charge in [0.1, 0.15) is 0 Å². The normalized spacial score (nSPS) is 10.9. The van der Waals surface area contributed by atoms with E-state index in [0.29, 0.717) is 0 Å². The van der Waals surface area contributed by atoms with Crippen LogP contribution in [0.3, 0.4) is 0 Å². The fourth-order valence-corrected chi connectivity index (χ4v) is 0.847. The van der Waals surface area contributed by atoms with E-state index in [1.54, 1.807) is 6.92 Å². The van der Waals surface area contributed by atoms with Crippen LogP contribution in [0.1, 0.15) is 25.6 Å². The summed E-state index contributed by atoms with van der Waals surface area (Å²) in [5.41, 5.74) is 0.728. The van der Waals surface area contributed by atoms with Crippen molar-refractivity contribution in [1.29, 1.82) is 0 Å². The number of nitrogens with zero attached hydrogens (tertiary/aromatic N) is 2. The van der Waals surface area contributed by atoms with E-state index in [2.05, 4.69) is 5.10 Å². The molecule has 56 valence electrons. The highest BCUT2D eigenvalue weighted by atomic mass is 19.1. The molecule has 0 aliphatic carbocycles. The van der Waals surface area contributed by atoms with Crippen LogP contribution in [0.15, 0.2) is 6.07 Å². The first kappa shape index (κ1) is 7.25. The van der Waals surface area contributed by atoms with Crippen LogP contribution in [0.25, 0.3) is 0 Å². The van der Waals surface area contributed by atoms with Crippen LogP contribution in [0.2, 0.25) is 0 Å². The van der Waals surface area contributed by atoms with E-state index < -0.39 is 0 Å². The van der Waals surface area contributed by atoms with E-state index in [4.69, 9.17) is 0 Å². The van der Waals surface area contributed by atoms with Crippen molar-refractivity contribution < 1.29 is 4.39 Å². The molecule has 0 aromatic carbocycles. The molecular formula is C7H11FN2. The first-order chi connectivity index (χ1) is 4.61. The van der Waals surface area contributed by atoms with Gasteiger partial charge in [-0.25, -0.2) is 4.68 Å². The van der Waals surface area contributed by atoms with Crippen LogP contribution >= 0.6 is 0 Å². The summed E-state index contributed by atoms with van der Waals surface area (Å²) in [6, 6.07) is 1.54. The monoisotopic (exact) mass is 142 g/mol. The van der Waals surface area contributed by atoms with Gasteiger partial charge in [0, 0.05) is 12.1 Å². The zero-order valence-corrected chi connectivity index (χ0v) is 6.43. The molecule has 0 unspecified atom stereocenters. The third kappa shape index (κ3) is 1.17. The highest BCUT2D eigenvalue weighted by Gasteiger charge is 2.05. The van der Waals surface area contributed by atoms with Crippen LogP contribution in [0.4, 0.5) is 4.39 Å². The van der Waals surface area contributed by atoms with Crippen molar-refractivity contribution in [3.05, 3.63) is 17.7 Å². The van der Waals surface area contributed by atoms with Crippen LogP contribution < -0.4 is 0 Å². The maximum Gasteiger partial charge on any atom is 0.211 e. The van der Waals surface area contributed by atoms with Crippen LogP contribution in [0.5, 0.6) is 0 Å². The van der Waals surface area contributed by atoms with E-state index in [9.17, 15) is 4.39 Å². The minimum absolute atomic E-state index is 0.105. The molecule has 0 radical (unpaired) electrons. The molecule has 0 fully saturated rings. The molecule has 1 aromatic heterocycles. The second-order valence-corrected chi connectivity index (χ2v) is 2.65. The van der Waals surface area contributed by atoms with Gasteiger partial charge in [-0.3, -0.25) is 0 Å². The van der Waals surface area contributed by atoms with Gasteiger partial charge >= 0.3 is 0 Å². The standard InChI is InChI=1S/C7H11FN2/c1-5(2)10-7(8)4-6(3)9-10/h4-5H,1-3H3. The Labute approximate surface area is 59.7 Å². The number of aryl methyl sites for hydroxylation is 1. The van der Waals surface area contributed by atoms with Gasteiger partial charge in [0.25, 0.3) is 0 Å². The van der Waals surface area contributed by atoms with Crippen molar-refractivity contribution in [3.8, 4) is 0 Å².